The fourth-order valence-electron chi connectivity index (χ4n) is 3.03. The first kappa shape index (κ1) is 22.7. The standard InChI is InChI=1S/C24H18ClN5O4/c25-21-7-2-1-5-18(21)15-34-20-10-8-17(9-11-20)22-13-23(28-27-22)24(31)29-26-14-16-4-3-6-19(12-16)30(32)33/h1-14H,15H2,(H,27,28)(H,29,31)/b26-14+. The number of hydrazone groups is 1. The van der Waals surface area contributed by atoms with E-state index in [9.17, 15) is 14.9 Å². The van der Waals surface area contributed by atoms with Crippen LogP contribution in [0.15, 0.2) is 84.0 Å². The summed E-state index contributed by atoms with van der Waals surface area (Å²) in [7, 11) is 0. The summed E-state index contributed by atoms with van der Waals surface area (Å²) in [5.74, 6) is 0.174. The largest absolute Gasteiger partial charge is 0.489 e. The van der Waals surface area contributed by atoms with Crippen molar-refractivity contribution in [2.45, 2.75) is 6.61 Å². The molecule has 0 aliphatic carbocycles. The van der Waals surface area contributed by atoms with Crippen molar-refractivity contribution in [2.75, 3.05) is 0 Å². The molecule has 170 valence electrons. The molecule has 0 aliphatic rings. The summed E-state index contributed by atoms with van der Waals surface area (Å²) in [5.41, 5.74) is 5.26. The zero-order valence-corrected chi connectivity index (χ0v) is 18.4. The number of carbonyl (C=O) groups is 1. The highest BCUT2D eigenvalue weighted by molar-refractivity contribution is 6.31. The average molecular weight is 476 g/mol. The number of H-pyrrole nitrogens is 1. The van der Waals surface area contributed by atoms with E-state index in [0.717, 1.165) is 11.1 Å². The molecule has 0 radical (unpaired) electrons. The Bertz CT molecular complexity index is 1350. The molecule has 0 atom stereocenters. The number of carbonyl (C=O) groups excluding carboxylic acids is 1. The van der Waals surface area contributed by atoms with Gasteiger partial charge in [-0.25, -0.2) is 5.43 Å². The van der Waals surface area contributed by atoms with Gasteiger partial charge in [-0.3, -0.25) is 20.0 Å². The van der Waals surface area contributed by atoms with Gasteiger partial charge in [0.1, 0.15) is 18.1 Å². The first-order valence-corrected chi connectivity index (χ1v) is 10.5. The lowest BCUT2D eigenvalue weighted by molar-refractivity contribution is -0.384. The fourth-order valence-corrected chi connectivity index (χ4v) is 3.22. The van der Waals surface area contributed by atoms with Crippen LogP contribution in [0.2, 0.25) is 5.02 Å². The van der Waals surface area contributed by atoms with Crippen molar-refractivity contribution in [2.24, 2.45) is 5.10 Å². The van der Waals surface area contributed by atoms with E-state index in [-0.39, 0.29) is 11.4 Å². The van der Waals surface area contributed by atoms with Crippen molar-refractivity contribution in [1.82, 2.24) is 15.6 Å². The third-order valence-electron chi connectivity index (χ3n) is 4.79. The van der Waals surface area contributed by atoms with E-state index in [1.807, 2.05) is 48.5 Å². The number of nitro benzene ring substituents is 1. The number of benzene rings is 3. The van der Waals surface area contributed by atoms with Crippen LogP contribution in [0.1, 0.15) is 21.6 Å². The minimum absolute atomic E-state index is 0.0613. The van der Waals surface area contributed by atoms with Crippen LogP contribution >= 0.6 is 11.6 Å². The predicted molar refractivity (Wildman–Crippen MR) is 128 cm³/mol. The Labute approximate surface area is 199 Å². The lowest BCUT2D eigenvalue weighted by Gasteiger charge is -2.08. The van der Waals surface area contributed by atoms with Gasteiger partial charge < -0.3 is 4.74 Å². The second-order valence-electron chi connectivity index (χ2n) is 7.12. The highest BCUT2D eigenvalue weighted by atomic mass is 35.5. The molecule has 0 saturated carbocycles. The molecule has 0 fully saturated rings. The Morgan fingerprint density at radius 2 is 1.91 bits per heavy atom. The number of nitrogens with zero attached hydrogens (tertiary/aromatic N) is 3. The van der Waals surface area contributed by atoms with Gasteiger partial charge in [-0.1, -0.05) is 41.9 Å². The van der Waals surface area contributed by atoms with Crippen LogP contribution in [-0.2, 0) is 6.61 Å². The highest BCUT2D eigenvalue weighted by Gasteiger charge is 2.11. The minimum atomic E-state index is -0.500. The van der Waals surface area contributed by atoms with E-state index in [1.54, 1.807) is 12.1 Å². The lowest BCUT2D eigenvalue weighted by atomic mass is 10.1. The highest BCUT2D eigenvalue weighted by Crippen LogP contribution is 2.23. The number of nitro groups is 1. The smallest absolute Gasteiger partial charge is 0.289 e. The summed E-state index contributed by atoms with van der Waals surface area (Å²) in [6.07, 6.45) is 1.32. The van der Waals surface area contributed by atoms with Gasteiger partial charge in [0, 0.05) is 33.8 Å². The molecule has 2 N–H and O–H groups in total. The number of non-ortho nitro benzene ring substituents is 1. The zero-order chi connectivity index (χ0) is 23.9. The number of nitrogens with one attached hydrogen (secondary N) is 2. The summed E-state index contributed by atoms with van der Waals surface area (Å²) in [6, 6.07) is 22.3. The third-order valence-corrected chi connectivity index (χ3v) is 5.15. The summed E-state index contributed by atoms with van der Waals surface area (Å²) in [5, 5.41) is 22.2. The maximum Gasteiger partial charge on any atom is 0.289 e. The van der Waals surface area contributed by atoms with E-state index in [2.05, 4.69) is 20.7 Å². The molecule has 0 aliphatic heterocycles. The van der Waals surface area contributed by atoms with E-state index in [0.29, 0.717) is 28.6 Å². The quantitative estimate of drug-likeness (QED) is 0.211. The van der Waals surface area contributed by atoms with Gasteiger partial charge in [0.2, 0.25) is 0 Å². The number of hydrogen-bond donors (Lipinski definition) is 2. The SMILES string of the molecule is O=C(N/N=C/c1cccc([N+](=O)[O-])c1)c1cc(-c2ccc(OCc3ccccc3Cl)cc2)n[nH]1. The van der Waals surface area contributed by atoms with Gasteiger partial charge in [-0.15, -0.1) is 0 Å². The molecule has 0 bridgehead atoms. The zero-order valence-electron chi connectivity index (χ0n) is 17.6. The number of rotatable bonds is 8. The molecule has 4 rings (SSSR count). The fraction of sp³-hybridized carbons (Fsp3) is 0.0417. The van der Waals surface area contributed by atoms with Crippen molar-refractivity contribution < 1.29 is 14.5 Å². The molecular formula is C24H18ClN5O4. The molecule has 34 heavy (non-hydrogen) atoms. The third kappa shape index (κ3) is 5.64. The molecule has 9 nitrogen and oxygen atoms in total. The Balaban J connectivity index is 1.35. The summed E-state index contributed by atoms with van der Waals surface area (Å²) in [4.78, 5) is 22.7. The Morgan fingerprint density at radius 1 is 1.12 bits per heavy atom. The Kier molecular flexibility index (Phi) is 6.95. The summed E-state index contributed by atoms with van der Waals surface area (Å²) >= 11 is 6.15. The molecule has 0 unspecified atom stereocenters. The van der Waals surface area contributed by atoms with Crippen LogP contribution in [0.5, 0.6) is 5.75 Å². The summed E-state index contributed by atoms with van der Waals surface area (Å²) < 4.78 is 5.78. The van der Waals surface area contributed by atoms with Gasteiger partial charge in [0.15, 0.2) is 0 Å². The number of aromatic nitrogens is 2. The van der Waals surface area contributed by atoms with Crippen molar-refractivity contribution in [3.05, 3.63) is 111 Å². The van der Waals surface area contributed by atoms with Crippen molar-refractivity contribution in [3.8, 4) is 17.0 Å². The second kappa shape index (κ2) is 10.4. The minimum Gasteiger partial charge on any atom is -0.489 e. The Hall–Kier alpha value is -4.50. The van der Waals surface area contributed by atoms with Gasteiger partial charge in [-0.2, -0.15) is 10.2 Å². The number of halogens is 1. The van der Waals surface area contributed by atoms with E-state index >= 15 is 0 Å². The van der Waals surface area contributed by atoms with E-state index in [4.69, 9.17) is 16.3 Å². The Morgan fingerprint density at radius 3 is 2.68 bits per heavy atom. The molecule has 3 aromatic carbocycles. The van der Waals surface area contributed by atoms with Crippen molar-refractivity contribution in [1.29, 1.82) is 0 Å². The van der Waals surface area contributed by atoms with Gasteiger partial charge in [0.05, 0.1) is 16.8 Å². The van der Waals surface area contributed by atoms with Crippen LogP contribution in [-0.4, -0.2) is 27.2 Å². The van der Waals surface area contributed by atoms with Crippen molar-refractivity contribution in [3.63, 3.8) is 0 Å². The van der Waals surface area contributed by atoms with E-state index < -0.39 is 10.8 Å². The number of aromatic amines is 1. The summed E-state index contributed by atoms with van der Waals surface area (Å²) in [6.45, 7) is 0.350. The normalized spacial score (nSPS) is 10.9. The van der Waals surface area contributed by atoms with Gasteiger partial charge in [0.25, 0.3) is 11.6 Å². The number of amides is 1. The average Bonchev–Trinajstić information content (AvgIpc) is 3.34. The molecule has 4 aromatic rings. The molecule has 0 spiro atoms. The predicted octanol–water partition coefficient (Wildman–Crippen LogP) is 4.98. The van der Waals surface area contributed by atoms with Crippen LogP contribution in [0.25, 0.3) is 11.3 Å². The molecule has 0 saturated heterocycles. The molecule has 1 heterocycles. The second-order valence-corrected chi connectivity index (χ2v) is 7.53. The number of hydrogen-bond acceptors (Lipinski definition) is 6. The van der Waals surface area contributed by atoms with Gasteiger partial charge in [-0.05, 0) is 36.4 Å². The van der Waals surface area contributed by atoms with Crippen LogP contribution in [0.3, 0.4) is 0 Å². The van der Waals surface area contributed by atoms with Gasteiger partial charge >= 0.3 is 0 Å². The molecule has 10 heteroatoms. The van der Waals surface area contributed by atoms with Crippen molar-refractivity contribution >= 4 is 29.4 Å². The van der Waals surface area contributed by atoms with Crippen LogP contribution in [0.4, 0.5) is 5.69 Å². The van der Waals surface area contributed by atoms with E-state index in [1.165, 1.54) is 24.4 Å². The lowest BCUT2D eigenvalue weighted by Crippen LogP contribution is -2.18. The number of ether oxygens (including phenoxy) is 1. The first-order valence-electron chi connectivity index (χ1n) is 10.1. The molecule has 1 amide bonds. The molecule has 1 aromatic heterocycles. The van der Waals surface area contributed by atoms with Crippen LogP contribution in [0, 0.1) is 10.1 Å². The van der Waals surface area contributed by atoms with Crippen LogP contribution < -0.4 is 10.2 Å². The first-order chi connectivity index (χ1) is 16.5. The molecular weight excluding hydrogens is 458 g/mol. The maximum atomic E-state index is 12.3. The topological polar surface area (TPSA) is 123 Å². The maximum absolute atomic E-state index is 12.3. The monoisotopic (exact) mass is 475 g/mol.